The van der Waals surface area contributed by atoms with Crippen LogP contribution < -0.4 is 10.6 Å². The van der Waals surface area contributed by atoms with Crippen LogP contribution in [0.4, 0.5) is 0 Å². The molecule has 1 aliphatic heterocycles. The Labute approximate surface area is 209 Å². The van der Waals surface area contributed by atoms with E-state index in [1.54, 1.807) is 0 Å². The molecule has 0 aliphatic carbocycles. The quantitative estimate of drug-likeness (QED) is 0.182. The third kappa shape index (κ3) is 9.87. The zero-order valence-electron chi connectivity index (χ0n) is 19.2. The summed E-state index contributed by atoms with van der Waals surface area (Å²) in [6.07, 6.45) is 7.94. The zero-order chi connectivity index (χ0) is 21.6. The predicted molar refractivity (Wildman–Crippen MR) is 140 cm³/mol. The number of hydrogen-bond donors (Lipinski definition) is 2. The van der Waals surface area contributed by atoms with Crippen LogP contribution in [0.5, 0.6) is 0 Å². The van der Waals surface area contributed by atoms with Gasteiger partial charge in [0.2, 0.25) is 0 Å². The Morgan fingerprint density at radius 1 is 1.22 bits per heavy atom. The first kappa shape index (κ1) is 26.6. The van der Waals surface area contributed by atoms with Crippen LogP contribution in [0, 0.1) is 5.92 Å². The molecule has 7 nitrogen and oxygen atoms in total. The number of benzene rings is 1. The molecular formula is C24H38IN5O2. The van der Waals surface area contributed by atoms with Gasteiger partial charge in [0.15, 0.2) is 5.96 Å². The molecule has 0 bridgehead atoms. The van der Waals surface area contributed by atoms with Crippen molar-refractivity contribution >= 4 is 29.9 Å². The van der Waals surface area contributed by atoms with Gasteiger partial charge in [0.05, 0.1) is 0 Å². The largest absolute Gasteiger partial charge is 0.381 e. The summed E-state index contributed by atoms with van der Waals surface area (Å²) in [5.41, 5.74) is 1.28. The van der Waals surface area contributed by atoms with Gasteiger partial charge in [-0.15, -0.1) is 24.0 Å². The minimum absolute atomic E-state index is 0. The number of imidazole rings is 1. The van der Waals surface area contributed by atoms with Gasteiger partial charge >= 0.3 is 0 Å². The lowest BCUT2D eigenvalue weighted by molar-refractivity contribution is 0.0205. The molecule has 2 aromatic rings. The van der Waals surface area contributed by atoms with Crippen LogP contribution in [0.1, 0.15) is 37.6 Å². The van der Waals surface area contributed by atoms with E-state index in [0.717, 1.165) is 90.1 Å². The number of guanidine groups is 1. The van der Waals surface area contributed by atoms with Crippen molar-refractivity contribution in [2.24, 2.45) is 10.9 Å². The van der Waals surface area contributed by atoms with Crippen LogP contribution in [0.25, 0.3) is 0 Å². The van der Waals surface area contributed by atoms with E-state index in [1.807, 2.05) is 18.5 Å². The Kier molecular flexibility index (Phi) is 13.3. The summed E-state index contributed by atoms with van der Waals surface area (Å²) >= 11 is 0. The van der Waals surface area contributed by atoms with Crippen LogP contribution >= 0.6 is 24.0 Å². The standard InChI is InChI=1S/C24H37N5O2.HI/c1-2-25-24(27-12-6-16-31-20-22-10-17-30-18-11-22)28-13-9-23-26-14-15-29(23)19-21-7-4-3-5-8-21;/h3-5,7-8,14-15,22H,2,6,9-13,16-20H2,1H3,(H2,25,27,28);1H. The SMILES string of the molecule is CCNC(=NCCCOCC1CCOCC1)NCCc1nccn1Cc1ccccc1.I. The molecular weight excluding hydrogens is 517 g/mol. The number of hydrogen-bond acceptors (Lipinski definition) is 4. The number of nitrogens with zero attached hydrogens (tertiary/aromatic N) is 3. The molecule has 1 aromatic carbocycles. The van der Waals surface area contributed by atoms with E-state index in [2.05, 4.69) is 56.4 Å². The Morgan fingerprint density at radius 2 is 2.03 bits per heavy atom. The molecule has 1 aromatic heterocycles. The van der Waals surface area contributed by atoms with Gasteiger partial charge in [0, 0.05) is 71.4 Å². The fourth-order valence-corrected chi connectivity index (χ4v) is 3.65. The highest BCUT2D eigenvalue weighted by molar-refractivity contribution is 14.0. The van der Waals surface area contributed by atoms with Crippen molar-refractivity contribution in [3.05, 3.63) is 54.1 Å². The molecule has 1 saturated heterocycles. The molecule has 1 fully saturated rings. The fourth-order valence-electron chi connectivity index (χ4n) is 3.65. The molecule has 0 amide bonds. The van der Waals surface area contributed by atoms with E-state index < -0.39 is 0 Å². The highest BCUT2D eigenvalue weighted by Crippen LogP contribution is 2.14. The van der Waals surface area contributed by atoms with Crippen molar-refractivity contribution in [3.8, 4) is 0 Å². The van der Waals surface area contributed by atoms with Crippen molar-refractivity contribution in [1.29, 1.82) is 0 Å². The van der Waals surface area contributed by atoms with E-state index in [1.165, 1.54) is 5.56 Å². The zero-order valence-corrected chi connectivity index (χ0v) is 21.5. The topological polar surface area (TPSA) is 72.7 Å². The molecule has 0 atom stereocenters. The van der Waals surface area contributed by atoms with Crippen LogP contribution in [-0.2, 0) is 22.4 Å². The summed E-state index contributed by atoms with van der Waals surface area (Å²) in [4.78, 5) is 9.20. The van der Waals surface area contributed by atoms with Crippen molar-refractivity contribution in [2.45, 2.75) is 39.2 Å². The Bertz CT molecular complexity index is 763. The average Bonchev–Trinajstić information content (AvgIpc) is 3.24. The van der Waals surface area contributed by atoms with Gasteiger partial charge in [-0.1, -0.05) is 30.3 Å². The number of ether oxygens (including phenoxy) is 2. The Hall–Kier alpha value is -1.65. The van der Waals surface area contributed by atoms with Crippen molar-refractivity contribution in [2.75, 3.05) is 46.1 Å². The molecule has 8 heteroatoms. The maximum Gasteiger partial charge on any atom is 0.191 e. The van der Waals surface area contributed by atoms with Crippen LogP contribution in [-0.4, -0.2) is 61.6 Å². The van der Waals surface area contributed by atoms with E-state index in [-0.39, 0.29) is 24.0 Å². The van der Waals surface area contributed by atoms with Gasteiger partial charge in [0.25, 0.3) is 0 Å². The third-order valence-electron chi connectivity index (χ3n) is 5.39. The first-order valence-electron chi connectivity index (χ1n) is 11.6. The Balaban J connectivity index is 0.00000363. The number of aromatic nitrogens is 2. The van der Waals surface area contributed by atoms with Crippen LogP contribution in [0.3, 0.4) is 0 Å². The second-order valence-electron chi connectivity index (χ2n) is 7.88. The van der Waals surface area contributed by atoms with Gasteiger partial charge < -0.3 is 24.7 Å². The maximum atomic E-state index is 5.83. The highest BCUT2D eigenvalue weighted by atomic mass is 127. The number of aliphatic imine (C=N–C) groups is 1. The molecule has 0 spiro atoms. The van der Waals surface area contributed by atoms with Gasteiger partial charge in [-0.3, -0.25) is 4.99 Å². The number of rotatable bonds is 12. The van der Waals surface area contributed by atoms with E-state index in [0.29, 0.717) is 5.92 Å². The number of nitrogens with one attached hydrogen (secondary N) is 2. The van der Waals surface area contributed by atoms with Gasteiger partial charge in [0.1, 0.15) is 5.82 Å². The third-order valence-corrected chi connectivity index (χ3v) is 5.39. The molecule has 178 valence electrons. The summed E-state index contributed by atoms with van der Waals surface area (Å²) in [5, 5.41) is 6.74. The molecule has 1 aliphatic rings. The molecule has 0 unspecified atom stereocenters. The summed E-state index contributed by atoms with van der Waals surface area (Å²) in [5.74, 6) is 2.59. The van der Waals surface area contributed by atoms with Crippen molar-refractivity contribution in [3.63, 3.8) is 0 Å². The summed E-state index contributed by atoms with van der Waals surface area (Å²) in [6, 6.07) is 10.5. The first-order chi connectivity index (χ1) is 15.3. The smallest absolute Gasteiger partial charge is 0.191 e. The average molecular weight is 556 g/mol. The predicted octanol–water partition coefficient (Wildman–Crippen LogP) is 3.48. The second-order valence-corrected chi connectivity index (χ2v) is 7.88. The minimum Gasteiger partial charge on any atom is -0.381 e. The van der Waals surface area contributed by atoms with E-state index in [9.17, 15) is 0 Å². The fraction of sp³-hybridized carbons (Fsp3) is 0.583. The number of halogens is 1. The molecule has 32 heavy (non-hydrogen) atoms. The molecule has 0 saturated carbocycles. The monoisotopic (exact) mass is 555 g/mol. The van der Waals surface area contributed by atoms with Gasteiger partial charge in [-0.2, -0.15) is 0 Å². The summed E-state index contributed by atoms with van der Waals surface area (Å²) in [6.45, 7) is 8.68. The maximum absolute atomic E-state index is 5.83. The molecule has 2 heterocycles. The van der Waals surface area contributed by atoms with Crippen molar-refractivity contribution in [1.82, 2.24) is 20.2 Å². The molecule has 0 radical (unpaired) electrons. The minimum atomic E-state index is 0. The van der Waals surface area contributed by atoms with E-state index >= 15 is 0 Å². The lowest BCUT2D eigenvalue weighted by Gasteiger charge is -2.21. The van der Waals surface area contributed by atoms with Crippen LogP contribution in [0.2, 0.25) is 0 Å². The van der Waals surface area contributed by atoms with E-state index in [4.69, 9.17) is 9.47 Å². The van der Waals surface area contributed by atoms with Crippen molar-refractivity contribution < 1.29 is 9.47 Å². The summed E-state index contributed by atoms with van der Waals surface area (Å²) < 4.78 is 13.4. The first-order valence-corrected chi connectivity index (χ1v) is 11.6. The second kappa shape index (κ2) is 16.0. The molecule has 3 rings (SSSR count). The lowest BCUT2D eigenvalue weighted by Crippen LogP contribution is -2.38. The van der Waals surface area contributed by atoms with Gasteiger partial charge in [-0.25, -0.2) is 4.98 Å². The highest BCUT2D eigenvalue weighted by Gasteiger charge is 2.13. The summed E-state index contributed by atoms with van der Waals surface area (Å²) in [7, 11) is 0. The van der Waals surface area contributed by atoms with Crippen LogP contribution in [0.15, 0.2) is 47.7 Å². The molecule has 2 N–H and O–H groups in total. The van der Waals surface area contributed by atoms with Gasteiger partial charge in [-0.05, 0) is 37.7 Å². The Morgan fingerprint density at radius 3 is 2.81 bits per heavy atom. The lowest BCUT2D eigenvalue weighted by atomic mass is 10.0. The normalized spacial score (nSPS) is 14.7.